The summed E-state index contributed by atoms with van der Waals surface area (Å²) in [6, 6.07) is 7.87. The zero-order chi connectivity index (χ0) is 12.3. The van der Waals surface area contributed by atoms with Gasteiger partial charge in [0.05, 0.1) is 12.5 Å². The molecule has 1 aliphatic rings. The third-order valence-corrected chi connectivity index (χ3v) is 3.56. The van der Waals surface area contributed by atoms with Gasteiger partial charge >= 0.3 is 0 Å². The normalized spacial score (nSPS) is 22.8. The summed E-state index contributed by atoms with van der Waals surface area (Å²) in [6.45, 7) is 2.90. The van der Waals surface area contributed by atoms with Crippen LogP contribution in [0.3, 0.4) is 0 Å². The molecule has 0 radical (unpaired) electrons. The van der Waals surface area contributed by atoms with Gasteiger partial charge in [-0.25, -0.2) is 0 Å². The van der Waals surface area contributed by atoms with E-state index in [1.165, 1.54) is 0 Å². The Labute approximate surface area is 102 Å². The Hall–Kier alpha value is -1.51. The SMILES string of the molecule is CCCC[C@]1(c2cccc(OC)c2)CNC1=O. The lowest BCUT2D eigenvalue weighted by Crippen LogP contribution is -2.62. The number of unbranched alkanes of at least 4 members (excludes halogenated alkanes) is 1. The van der Waals surface area contributed by atoms with Gasteiger partial charge in [0.15, 0.2) is 0 Å². The Morgan fingerprint density at radius 1 is 1.47 bits per heavy atom. The van der Waals surface area contributed by atoms with Crippen LogP contribution in [0, 0.1) is 0 Å². The van der Waals surface area contributed by atoms with Crippen molar-refractivity contribution < 1.29 is 9.53 Å². The van der Waals surface area contributed by atoms with Crippen molar-refractivity contribution in [3.8, 4) is 5.75 Å². The van der Waals surface area contributed by atoms with Crippen LogP contribution in [0.25, 0.3) is 0 Å². The van der Waals surface area contributed by atoms with Crippen LogP contribution in [-0.4, -0.2) is 19.6 Å². The molecular formula is C14H19NO2. The Balaban J connectivity index is 2.29. The Bertz CT molecular complexity index is 416. The fraction of sp³-hybridized carbons (Fsp3) is 0.500. The fourth-order valence-corrected chi connectivity index (χ4v) is 2.35. The standard InChI is InChI=1S/C14H19NO2/c1-3-4-8-14(10-15-13(14)16)11-6-5-7-12(9-11)17-2/h5-7,9H,3-4,8,10H2,1-2H3,(H,15,16)/t14-/m1/s1. The Morgan fingerprint density at radius 3 is 2.82 bits per heavy atom. The zero-order valence-electron chi connectivity index (χ0n) is 10.5. The number of carbonyl (C=O) groups is 1. The van der Waals surface area contributed by atoms with Gasteiger partial charge in [-0.1, -0.05) is 31.9 Å². The van der Waals surface area contributed by atoms with Crippen LogP contribution >= 0.6 is 0 Å². The highest BCUT2D eigenvalue weighted by molar-refractivity contribution is 5.94. The van der Waals surface area contributed by atoms with Crippen LogP contribution in [0.2, 0.25) is 0 Å². The molecule has 3 nitrogen and oxygen atoms in total. The molecule has 1 amide bonds. The Morgan fingerprint density at radius 2 is 2.29 bits per heavy atom. The van der Waals surface area contributed by atoms with Crippen LogP contribution in [0.15, 0.2) is 24.3 Å². The Kier molecular flexibility index (Phi) is 3.36. The number of methoxy groups -OCH3 is 1. The summed E-state index contributed by atoms with van der Waals surface area (Å²) < 4.78 is 5.23. The third kappa shape index (κ3) is 2.02. The second-order valence-corrected chi connectivity index (χ2v) is 4.60. The number of ether oxygens (including phenoxy) is 1. The predicted molar refractivity (Wildman–Crippen MR) is 67.2 cm³/mol. The highest BCUT2D eigenvalue weighted by Gasteiger charge is 2.47. The first-order valence-electron chi connectivity index (χ1n) is 6.16. The van der Waals surface area contributed by atoms with E-state index < -0.39 is 0 Å². The average Bonchev–Trinajstić information content (AvgIpc) is 2.38. The number of β-lactam (4-membered cyclic amide) rings is 1. The minimum atomic E-state index is -0.315. The largest absolute Gasteiger partial charge is 0.497 e. The molecule has 17 heavy (non-hydrogen) atoms. The number of benzene rings is 1. The maximum absolute atomic E-state index is 11.9. The first-order valence-corrected chi connectivity index (χ1v) is 6.16. The van der Waals surface area contributed by atoms with E-state index in [9.17, 15) is 4.79 Å². The maximum Gasteiger partial charge on any atom is 0.232 e. The van der Waals surface area contributed by atoms with Gasteiger partial charge < -0.3 is 10.1 Å². The molecule has 0 bridgehead atoms. The van der Waals surface area contributed by atoms with Gasteiger partial charge in [-0.05, 0) is 24.1 Å². The number of hydrogen-bond acceptors (Lipinski definition) is 2. The lowest BCUT2D eigenvalue weighted by atomic mass is 9.71. The summed E-state index contributed by atoms with van der Waals surface area (Å²) in [6.07, 6.45) is 3.10. The van der Waals surface area contributed by atoms with E-state index in [1.54, 1.807) is 7.11 Å². The van der Waals surface area contributed by atoms with Gasteiger partial charge in [0.2, 0.25) is 5.91 Å². The first-order chi connectivity index (χ1) is 8.23. The number of amides is 1. The number of rotatable bonds is 5. The quantitative estimate of drug-likeness (QED) is 0.792. The van der Waals surface area contributed by atoms with Gasteiger partial charge in [-0.3, -0.25) is 4.79 Å². The van der Waals surface area contributed by atoms with E-state index in [1.807, 2.05) is 24.3 Å². The van der Waals surface area contributed by atoms with E-state index in [0.717, 1.165) is 37.1 Å². The third-order valence-electron chi connectivity index (χ3n) is 3.56. The van der Waals surface area contributed by atoms with Gasteiger partial charge in [0.25, 0.3) is 0 Å². The smallest absolute Gasteiger partial charge is 0.232 e. The van der Waals surface area contributed by atoms with Crippen molar-refractivity contribution in [2.75, 3.05) is 13.7 Å². The first kappa shape index (κ1) is 12.0. The molecule has 0 aromatic heterocycles. The van der Waals surface area contributed by atoms with E-state index in [-0.39, 0.29) is 11.3 Å². The molecule has 3 heteroatoms. The van der Waals surface area contributed by atoms with Crippen molar-refractivity contribution in [1.29, 1.82) is 0 Å². The van der Waals surface area contributed by atoms with Crippen molar-refractivity contribution in [1.82, 2.24) is 5.32 Å². The summed E-state index contributed by atoms with van der Waals surface area (Å²) in [7, 11) is 1.65. The van der Waals surface area contributed by atoms with Crippen molar-refractivity contribution in [3.63, 3.8) is 0 Å². The zero-order valence-corrected chi connectivity index (χ0v) is 10.5. The minimum Gasteiger partial charge on any atom is -0.497 e. The van der Waals surface area contributed by atoms with Gasteiger partial charge in [-0.2, -0.15) is 0 Å². The van der Waals surface area contributed by atoms with Crippen LogP contribution in [0.4, 0.5) is 0 Å². The maximum atomic E-state index is 11.9. The lowest BCUT2D eigenvalue weighted by molar-refractivity contribution is -0.134. The summed E-state index contributed by atoms with van der Waals surface area (Å²) in [5.41, 5.74) is 0.763. The van der Waals surface area contributed by atoms with Crippen molar-refractivity contribution in [3.05, 3.63) is 29.8 Å². The monoisotopic (exact) mass is 233 g/mol. The summed E-state index contributed by atoms with van der Waals surface area (Å²) in [5, 5.41) is 2.86. The topological polar surface area (TPSA) is 38.3 Å². The summed E-state index contributed by atoms with van der Waals surface area (Å²) >= 11 is 0. The highest BCUT2D eigenvalue weighted by atomic mass is 16.5. The molecule has 0 saturated carbocycles. The highest BCUT2D eigenvalue weighted by Crippen LogP contribution is 2.36. The number of carbonyl (C=O) groups excluding carboxylic acids is 1. The molecule has 1 atom stereocenters. The van der Waals surface area contributed by atoms with Crippen molar-refractivity contribution in [2.45, 2.75) is 31.6 Å². The van der Waals surface area contributed by atoms with Crippen molar-refractivity contribution in [2.24, 2.45) is 0 Å². The summed E-state index contributed by atoms with van der Waals surface area (Å²) in [5.74, 6) is 0.970. The molecule has 1 aromatic carbocycles. The second-order valence-electron chi connectivity index (χ2n) is 4.60. The molecule has 1 N–H and O–H groups in total. The lowest BCUT2D eigenvalue weighted by Gasteiger charge is -2.41. The molecule has 0 spiro atoms. The van der Waals surface area contributed by atoms with Gasteiger partial charge in [-0.15, -0.1) is 0 Å². The van der Waals surface area contributed by atoms with Crippen LogP contribution < -0.4 is 10.1 Å². The molecule has 1 fully saturated rings. The van der Waals surface area contributed by atoms with Crippen LogP contribution in [-0.2, 0) is 10.2 Å². The van der Waals surface area contributed by atoms with Crippen molar-refractivity contribution >= 4 is 5.91 Å². The molecule has 2 rings (SSSR count). The predicted octanol–water partition coefficient (Wildman–Crippen LogP) is 2.25. The minimum absolute atomic E-state index is 0.152. The number of nitrogens with one attached hydrogen (secondary N) is 1. The molecule has 92 valence electrons. The molecule has 1 aromatic rings. The van der Waals surface area contributed by atoms with E-state index in [0.29, 0.717) is 0 Å². The fourth-order valence-electron chi connectivity index (χ4n) is 2.35. The van der Waals surface area contributed by atoms with E-state index in [2.05, 4.69) is 12.2 Å². The van der Waals surface area contributed by atoms with E-state index >= 15 is 0 Å². The molecule has 0 unspecified atom stereocenters. The van der Waals surface area contributed by atoms with Crippen LogP contribution in [0.5, 0.6) is 5.75 Å². The summed E-state index contributed by atoms with van der Waals surface area (Å²) in [4.78, 5) is 11.9. The average molecular weight is 233 g/mol. The number of hydrogen-bond donors (Lipinski definition) is 1. The second kappa shape index (κ2) is 4.78. The van der Waals surface area contributed by atoms with Gasteiger partial charge in [0.1, 0.15) is 5.75 Å². The van der Waals surface area contributed by atoms with Gasteiger partial charge in [0, 0.05) is 6.54 Å². The van der Waals surface area contributed by atoms with E-state index in [4.69, 9.17) is 4.74 Å². The molecule has 1 aliphatic heterocycles. The molecule has 1 saturated heterocycles. The molecule has 0 aliphatic carbocycles. The molecular weight excluding hydrogens is 214 g/mol. The van der Waals surface area contributed by atoms with Crippen LogP contribution in [0.1, 0.15) is 31.7 Å². The molecule has 1 heterocycles.